The van der Waals surface area contributed by atoms with Crippen molar-refractivity contribution in [2.45, 2.75) is 25.9 Å². The van der Waals surface area contributed by atoms with E-state index >= 15 is 0 Å². The average Bonchev–Trinajstić information content (AvgIpc) is 3.15. The lowest BCUT2D eigenvalue weighted by atomic mass is 9.85. The van der Waals surface area contributed by atoms with Gasteiger partial charge in [0.1, 0.15) is 11.4 Å². The summed E-state index contributed by atoms with van der Waals surface area (Å²) in [5.41, 5.74) is 4.19. The summed E-state index contributed by atoms with van der Waals surface area (Å²) in [4.78, 5) is 11.9. The minimum atomic E-state index is -1.24. The van der Waals surface area contributed by atoms with Crippen molar-refractivity contribution in [1.82, 2.24) is 25.6 Å². The van der Waals surface area contributed by atoms with E-state index < -0.39 is 5.60 Å². The van der Waals surface area contributed by atoms with E-state index in [0.717, 1.165) is 60.0 Å². The topological polar surface area (TPSA) is 85.9 Å². The molecule has 1 aromatic carbocycles. The Morgan fingerprint density at radius 3 is 2.45 bits per heavy atom. The smallest absolute Gasteiger partial charge is 0.129 e. The second-order valence-electron chi connectivity index (χ2n) is 8.03. The molecule has 0 bridgehead atoms. The highest BCUT2D eigenvalue weighted by Gasteiger charge is 2.34. The maximum atomic E-state index is 11.4. The number of hydrogen-bond donors (Lipinski definition) is 4. The first kappa shape index (κ1) is 21.7. The second-order valence-corrected chi connectivity index (χ2v) is 8.47. The summed E-state index contributed by atoms with van der Waals surface area (Å²) in [6.45, 7) is 8.20. The first-order chi connectivity index (χ1) is 14.9. The van der Waals surface area contributed by atoms with Crippen LogP contribution in [0.15, 0.2) is 42.7 Å². The van der Waals surface area contributed by atoms with Crippen LogP contribution < -0.4 is 10.6 Å². The highest BCUT2D eigenvalue weighted by Crippen LogP contribution is 2.41. The zero-order valence-electron chi connectivity index (χ0n) is 17.9. The summed E-state index contributed by atoms with van der Waals surface area (Å²) < 4.78 is 0. The highest BCUT2D eigenvalue weighted by atomic mass is 35.5. The standard InChI is InChI=1S/C20H18ClN3O.C4H10N2/c1-12-23-11-19(24-12)20(2,25)17-8-14-4-3-7-22-18(14)9-13-5-6-15(21)10-16(13)17;1-2-6-4-3-5-1/h3-8,10-11,25H,9H2,1-2H3,(H,23,24);5-6H,1-4H2. The summed E-state index contributed by atoms with van der Waals surface area (Å²) >= 11 is 6.26. The summed E-state index contributed by atoms with van der Waals surface area (Å²) in [5, 5.41) is 18.5. The van der Waals surface area contributed by atoms with Gasteiger partial charge >= 0.3 is 0 Å². The molecule has 0 radical (unpaired) electrons. The van der Waals surface area contributed by atoms with Gasteiger partial charge in [0, 0.05) is 43.8 Å². The molecule has 2 aliphatic rings. The SMILES string of the molecule is C1CNCCN1.Cc1ncc(C(C)(O)C2=Cc3cccnc3Cc3ccc(Cl)cc32)[nH]1. The van der Waals surface area contributed by atoms with Crippen LogP contribution in [0.4, 0.5) is 0 Å². The van der Waals surface area contributed by atoms with E-state index in [1.807, 2.05) is 43.3 Å². The maximum Gasteiger partial charge on any atom is 0.129 e. The zero-order valence-corrected chi connectivity index (χ0v) is 18.6. The number of halogens is 1. The molecule has 1 aliphatic carbocycles. The van der Waals surface area contributed by atoms with Crippen LogP contribution in [0.25, 0.3) is 11.6 Å². The molecule has 1 atom stereocenters. The van der Waals surface area contributed by atoms with E-state index in [1.165, 1.54) is 0 Å². The van der Waals surface area contributed by atoms with Crippen LogP contribution in [0.5, 0.6) is 0 Å². The Balaban J connectivity index is 0.000000334. The third kappa shape index (κ3) is 4.88. The van der Waals surface area contributed by atoms with Crippen LogP contribution in [-0.4, -0.2) is 46.2 Å². The first-order valence-electron chi connectivity index (χ1n) is 10.6. The fourth-order valence-electron chi connectivity index (χ4n) is 3.92. The van der Waals surface area contributed by atoms with E-state index in [9.17, 15) is 5.11 Å². The van der Waals surface area contributed by atoms with Gasteiger partial charge in [-0.2, -0.15) is 0 Å². The van der Waals surface area contributed by atoms with E-state index in [4.69, 9.17) is 11.6 Å². The number of aliphatic hydroxyl groups is 1. The summed E-state index contributed by atoms with van der Waals surface area (Å²) in [6.07, 6.45) is 6.17. The molecule has 6 nitrogen and oxygen atoms in total. The number of aromatic amines is 1. The molecule has 2 aromatic heterocycles. The molecule has 1 unspecified atom stereocenters. The van der Waals surface area contributed by atoms with E-state index in [2.05, 4.69) is 25.6 Å². The van der Waals surface area contributed by atoms with Crippen molar-refractivity contribution < 1.29 is 5.11 Å². The lowest BCUT2D eigenvalue weighted by molar-refractivity contribution is 0.118. The molecule has 162 valence electrons. The molecule has 1 saturated heterocycles. The van der Waals surface area contributed by atoms with E-state index in [1.54, 1.807) is 19.3 Å². The van der Waals surface area contributed by atoms with Gasteiger partial charge in [-0.05, 0) is 60.4 Å². The van der Waals surface area contributed by atoms with Gasteiger partial charge < -0.3 is 20.7 Å². The molecule has 1 fully saturated rings. The largest absolute Gasteiger partial charge is 0.379 e. The summed E-state index contributed by atoms with van der Waals surface area (Å²) in [5.74, 6) is 0.762. The Morgan fingerprint density at radius 1 is 1.06 bits per heavy atom. The number of pyridine rings is 1. The van der Waals surface area contributed by atoms with Gasteiger partial charge in [-0.25, -0.2) is 4.98 Å². The first-order valence-corrected chi connectivity index (χ1v) is 10.9. The van der Waals surface area contributed by atoms with Crippen molar-refractivity contribution in [2.75, 3.05) is 26.2 Å². The number of hydrogen-bond acceptors (Lipinski definition) is 5. The van der Waals surface area contributed by atoms with Gasteiger partial charge in [0.15, 0.2) is 0 Å². The Hall–Kier alpha value is -2.51. The van der Waals surface area contributed by atoms with E-state index in [0.29, 0.717) is 17.1 Å². The third-order valence-corrected chi connectivity index (χ3v) is 5.89. The molecule has 3 heterocycles. The lowest BCUT2D eigenvalue weighted by Crippen LogP contribution is -2.39. The number of aryl methyl sites for hydroxylation is 1. The van der Waals surface area contributed by atoms with Gasteiger partial charge in [-0.1, -0.05) is 23.7 Å². The van der Waals surface area contributed by atoms with Crippen LogP contribution in [0.3, 0.4) is 0 Å². The van der Waals surface area contributed by atoms with Gasteiger partial charge in [-0.15, -0.1) is 0 Å². The predicted molar refractivity (Wildman–Crippen MR) is 125 cm³/mol. The van der Waals surface area contributed by atoms with Crippen molar-refractivity contribution >= 4 is 23.3 Å². The third-order valence-electron chi connectivity index (χ3n) is 5.65. The number of rotatable bonds is 2. The maximum absolute atomic E-state index is 11.4. The number of nitrogens with one attached hydrogen (secondary N) is 3. The average molecular weight is 438 g/mol. The van der Waals surface area contributed by atoms with Gasteiger partial charge in [0.05, 0.1) is 17.6 Å². The monoisotopic (exact) mass is 437 g/mol. The molecule has 3 aromatic rings. The summed E-state index contributed by atoms with van der Waals surface area (Å²) in [6, 6.07) is 9.71. The number of H-pyrrole nitrogens is 1. The Bertz CT molecular complexity index is 1070. The van der Waals surface area contributed by atoms with Crippen molar-refractivity contribution in [1.29, 1.82) is 0 Å². The normalized spacial score (nSPS) is 17.2. The molecular formula is C24H28ClN5O. The van der Waals surface area contributed by atoms with Crippen LogP contribution in [0, 0.1) is 6.92 Å². The van der Waals surface area contributed by atoms with Crippen molar-refractivity contribution in [3.05, 3.63) is 81.7 Å². The molecule has 7 heteroatoms. The zero-order chi connectivity index (χ0) is 21.8. The molecule has 0 amide bonds. The molecular weight excluding hydrogens is 410 g/mol. The number of fused-ring (bicyclic) bond motifs is 2. The Kier molecular flexibility index (Phi) is 6.53. The molecule has 0 saturated carbocycles. The Labute approximate surface area is 187 Å². The minimum Gasteiger partial charge on any atom is -0.379 e. The number of piperazine rings is 1. The highest BCUT2D eigenvalue weighted by molar-refractivity contribution is 6.30. The number of aromatic nitrogens is 3. The second kappa shape index (κ2) is 9.32. The molecule has 0 spiro atoms. The van der Waals surface area contributed by atoms with Crippen LogP contribution >= 0.6 is 11.6 Å². The molecule has 1 aliphatic heterocycles. The van der Waals surface area contributed by atoms with Crippen LogP contribution in [-0.2, 0) is 12.0 Å². The van der Waals surface area contributed by atoms with E-state index in [-0.39, 0.29) is 0 Å². The van der Waals surface area contributed by atoms with Crippen molar-refractivity contribution in [3.8, 4) is 0 Å². The van der Waals surface area contributed by atoms with Gasteiger partial charge in [0.2, 0.25) is 0 Å². The number of nitrogens with zero attached hydrogens (tertiary/aromatic N) is 2. The lowest BCUT2D eigenvalue weighted by Gasteiger charge is -2.27. The van der Waals surface area contributed by atoms with Gasteiger partial charge in [-0.3, -0.25) is 4.98 Å². The molecule has 31 heavy (non-hydrogen) atoms. The minimum absolute atomic E-state index is 0.639. The van der Waals surface area contributed by atoms with Crippen LogP contribution in [0.1, 0.15) is 40.8 Å². The fraction of sp³-hybridized carbons (Fsp3) is 0.333. The molecule has 4 N–H and O–H groups in total. The molecule has 5 rings (SSSR count). The van der Waals surface area contributed by atoms with Crippen molar-refractivity contribution in [3.63, 3.8) is 0 Å². The number of benzene rings is 1. The quantitative estimate of drug-likeness (QED) is 0.494. The predicted octanol–water partition coefficient (Wildman–Crippen LogP) is 3.30. The summed E-state index contributed by atoms with van der Waals surface area (Å²) in [7, 11) is 0. The number of imidazole rings is 1. The Morgan fingerprint density at radius 2 is 1.81 bits per heavy atom. The van der Waals surface area contributed by atoms with Crippen LogP contribution in [0.2, 0.25) is 5.02 Å². The fourth-order valence-corrected chi connectivity index (χ4v) is 4.09. The van der Waals surface area contributed by atoms with Gasteiger partial charge in [0.25, 0.3) is 0 Å². The van der Waals surface area contributed by atoms with Crippen molar-refractivity contribution in [2.24, 2.45) is 0 Å².